The maximum atomic E-state index is 12.1. The van der Waals surface area contributed by atoms with E-state index in [1.165, 1.54) is 38.5 Å². The van der Waals surface area contributed by atoms with Crippen molar-refractivity contribution in [3.63, 3.8) is 0 Å². The Labute approximate surface area is 194 Å². The minimum absolute atomic E-state index is 0.281. The van der Waals surface area contributed by atoms with Crippen molar-refractivity contribution in [1.29, 1.82) is 0 Å². The summed E-state index contributed by atoms with van der Waals surface area (Å²) < 4.78 is 11.2. The lowest BCUT2D eigenvalue weighted by atomic mass is 10.1. The third-order valence-corrected chi connectivity index (χ3v) is 5.54. The largest absolute Gasteiger partial charge is 0.494 e. The van der Waals surface area contributed by atoms with E-state index in [0.29, 0.717) is 18.1 Å². The lowest BCUT2D eigenvalue weighted by Crippen LogP contribution is -2.11. The van der Waals surface area contributed by atoms with Crippen LogP contribution in [-0.4, -0.2) is 19.2 Å². The van der Waals surface area contributed by atoms with Crippen LogP contribution in [0.15, 0.2) is 48.5 Å². The summed E-state index contributed by atoms with van der Waals surface area (Å²) >= 11 is 0. The lowest BCUT2D eigenvalue weighted by molar-refractivity contribution is 0.0447. The van der Waals surface area contributed by atoms with Gasteiger partial charge in [0.05, 0.1) is 18.8 Å². The molecule has 0 saturated carbocycles. The van der Waals surface area contributed by atoms with E-state index in [4.69, 9.17) is 9.47 Å². The molecule has 172 valence electrons. The molecule has 0 spiro atoms. The zero-order valence-electron chi connectivity index (χ0n) is 20.0. The summed E-state index contributed by atoms with van der Waals surface area (Å²) in [5.41, 5.74) is 2.36. The summed E-state index contributed by atoms with van der Waals surface area (Å²) in [6, 6.07) is 15.2. The van der Waals surface area contributed by atoms with Gasteiger partial charge in [-0.15, -0.1) is 0 Å². The van der Waals surface area contributed by atoms with Crippen molar-refractivity contribution < 1.29 is 14.3 Å². The number of hydrogen-bond donors (Lipinski definition) is 0. The van der Waals surface area contributed by atoms with Gasteiger partial charge in [-0.2, -0.15) is 0 Å². The number of carbonyl (C=O) groups is 1. The van der Waals surface area contributed by atoms with Crippen LogP contribution in [0.3, 0.4) is 0 Å². The van der Waals surface area contributed by atoms with Gasteiger partial charge in [0.25, 0.3) is 0 Å². The number of esters is 1. The molecule has 3 nitrogen and oxygen atoms in total. The molecule has 0 aliphatic heterocycles. The van der Waals surface area contributed by atoms with Crippen LogP contribution in [-0.2, 0) is 4.74 Å². The quantitative estimate of drug-likeness (QED) is 0.187. The van der Waals surface area contributed by atoms with E-state index in [9.17, 15) is 4.79 Å². The summed E-state index contributed by atoms with van der Waals surface area (Å²) in [6.07, 6.45) is 9.99. The molecule has 0 amide bonds. The lowest BCUT2D eigenvalue weighted by Gasteiger charge is -2.09. The smallest absolute Gasteiger partial charge is 0.338 e. The molecule has 32 heavy (non-hydrogen) atoms. The highest BCUT2D eigenvalue weighted by atomic mass is 16.5. The normalized spacial score (nSPS) is 11.3. The van der Waals surface area contributed by atoms with Crippen LogP contribution in [0.25, 0.3) is 0 Å². The van der Waals surface area contributed by atoms with E-state index in [1.54, 1.807) is 12.1 Å². The van der Waals surface area contributed by atoms with Crippen molar-refractivity contribution in [1.82, 2.24) is 0 Å². The van der Waals surface area contributed by atoms with E-state index in [1.807, 2.05) is 36.4 Å². The number of hydrogen-bond acceptors (Lipinski definition) is 3. The van der Waals surface area contributed by atoms with E-state index in [0.717, 1.165) is 36.3 Å². The van der Waals surface area contributed by atoms with Crippen molar-refractivity contribution in [2.75, 3.05) is 13.2 Å². The Bertz CT molecular complexity index is 841. The Morgan fingerprint density at radius 1 is 0.812 bits per heavy atom. The zero-order chi connectivity index (χ0) is 23.0. The molecule has 2 rings (SSSR count). The third-order valence-electron chi connectivity index (χ3n) is 5.54. The molecule has 2 aromatic carbocycles. The monoisotopic (exact) mass is 434 g/mol. The van der Waals surface area contributed by atoms with Gasteiger partial charge in [0.2, 0.25) is 0 Å². The number of rotatable bonds is 13. The fraction of sp³-hybridized carbons (Fsp3) is 0.483. The van der Waals surface area contributed by atoms with E-state index in [2.05, 4.69) is 32.6 Å². The van der Waals surface area contributed by atoms with E-state index >= 15 is 0 Å². The second-order valence-electron chi connectivity index (χ2n) is 8.43. The molecule has 0 bridgehead atoms. The molecule has 2 aromatic rings. The van der Waals surface area contributed by atoms with Crippen LogP contribution in [0.2, 0.25) is 0 Å². The van der Waals surface area contributed by atoms with Gasteiger partial charge in [-0.3, -0.25) is 0 Å². The summed E-state index contributed by atoms with van der Waals surface area (Å²) in [5, 5.41) is 0. The van der Waals surface area contributed by atoms with Crippen LogP contribution in [0.4, 0.5) is 0 Å². The van der Waals surface area contributed by atoms with Crippen LogP contribution in [0.5, 0.6) is 5.75 Å². The highest BCUT2D eigenvalue weighted by Crippen LogP contribution is 2.14. The molecule has 0 unspecified atom stereocenters. The number of ether oxygens (including phenoxy) is 2. The maximum Gasteiger partial charge on any atom is 0.338 e. The first-order valence-electron chi connectivity index (χ1n) is 12.1. The maximum absolute atomic E-state index is 12.1. The predicted octanol–water partition coefficient (Wildman–Crippen LogP) is 7.42. The van der Waals surface area contributed by atoms with Crippen molar-refractivity contribution in [2.24, 2.45) is 5.92 Å². The van der Waals surface area contributed by atoms with Crippen molar-refractivity contribution in [3.8, 4) is 17.6 Å². The molecule has 0 N–H and O–H groups in total. The molecule has 0 aromatic heterocycles. The van der Waals surface area contributed by atoms with Gasteiger partial charge >= 0.3 is 5.97 Å². The van der Waals surface area contributed by atoms with E-state index < -0.39 is 0 Å². The molecule has 1 atom stereocenters. The van der Waals surface area contributed by atoms with Gasteiger partial charge in [0.1, 0.15) is 5.75 Å². The molecule has 0 aliphatic carbocycles. The first-order valence-corrected chi connectivity index (χ1v) is 12.1. The Kier molecular flexibility index (Phi) is 12.1. The Morgan fingerprint density at radius 2 is 1.38 bits per heavy atom. The zero-order valence-corrected chi connectivity index (χ0v) is 20.0. The van der Waals surface area contributed by atoms with Gasteiger partial charge in [-0.05, 0) is 60.9 Å². The number of benzene rings is 2. The van der Waals surface area contributed by atoms with Gasteiger partial charge in [-0.25, -0.2) is 4.79 Å². The third kappa shape index (κ3) is 10.1. The second kappa shape index (κ2) is 15.1. The number of carbonyl (C=O) groups excluding carboxylic acids is 1. The standard InChI is InChI=1S/C29H38O3/c1-4-6-7-8-9-10-11-22-31-28-20-16-26(17-21-28)13-12-25-14-18-27(19-15-25)29(30)32-23-24(3)5-2/h14-21,24H,4-11,22-23H2,1-3H3/t24-/m0/s1. The molecule has 0 aliphatic rings. The van der Waals surface area contributed by atoms with Gasteiger partial charge in [0, 0.05) is 11.1 Å². The van der Waals surface area contributed by atoms with Crippen LogP contribution in [0.1, 0.15) is 93.6 Å². The topological polar surface area (TPSA) is 35.5 Å². The fourth-order valence-corrected chi connectivity index (χ4v) is 3.14. The van der Waals surface area contributed by atoms with Gasteiger partial charge < -0.3 is 9.47 Å². The minimum Gasteiger partial charge on any atom is -0.494 e. The average Bonchev–Trinajstić information content (AvgIpc) is 2.83. The summed E-state index contributed by atoms with van der Waals surface area (Å²) in [7, 11) is 0. The summed E-state index contributed by atoms with van der Waals surface area (Å²) in [6.45, 7) is 7.63. The first kappa shape index (κ1) is 25.5. The average molecular weight is 435 g/mol. The van der Waals surface area contributed by atoms with Crippen LogP contribution >= 0.6 is 0 Å². The molecule has 0 saturated heterocycles. The molecule has 0 heterocycles. The van der Waals surface area contributed by atoms with Crippen LogP contribution < -0.4 is 4.74 Å². The summed E-state index contributed by atoms with van der Waals surface area (Å²) in [4.78, 5) is 12.1. The SMILES string of the molecule is CCCCCCCCCOc1ccc(C#Cc2ccc(C(=O)OC[C@@H](C)CC)cc2)cc1. The van der Waals surface area contributed by atoms with Crippen molar-refractivity contribution in [3.05, 3.63) is 65.2 Å². The minimum atomic E-state index is -0.281. The highest BCUT2D eigenvalue weighted by Gasteiger charge is 2.08. The van der Waals surface area contributed by atoms with Gasteiger partial charge in [0.15, 0.2) is 0 Å². The molecular formula is C29H38O3. The second-order valence-corrected chi connectivity index (χ2v) is 8.43. The van der Waals surface area contributed by atoms with Gasteiger partial charge in [-0.1, -0.05) is 77.6 Å². The Balaban J connectivity index is 1.74. The Morgan fingerprint density at radius 3 is 1.97 bits per heavy atom. The molecular weight excluding hydrogens is 396 g/mol. The van der Waals surface area contributed by atoms with E-state index in [-0.39, 0.29) is 5.97 Å². The fourth-order valence-electron chi connectivity index (χ4n) is 3.14. The molecule has 3 heteroatoms. The van der Waals surface area contributed by atoms with Crippen LogP contribution in [0, 0.1) is 17.8 Å². The molecule has 0 radical (unpaired) electrons. The van der Waals surface area contributed by atoms with Crippen molar-refractivity contribution in [2.45, 2.75) is 72.1 Å². The predicted molar refractivity (Wildman–Crippen MR) is 132 cm³/mol. The highest BCUT2D eigenvalue weighted by molar-refractivity contribution is 5.89. The van der Waals surface area contributed by atoms with Crippen molar-refractivity contribution >= 4 is 5.97 Å². The Hall–Kier alpha value is -2.73. The number of unbranched alkanes of at least 4 members (excludes halogenated alkanes) is 6. The molecule has 0 fully saturated rings. The summed E-state index contributed by atoms with van der Waals surface area (Å²) in [5.74, 6) is 7.29. The first-order chi connectivity index (χ1) is 15.6.